The van der Waals surface area contributed by atoms with Crippen LogP contribution in [0.3, 0.4) is 0 Å². The molecule has 2 N–H and O–H groups in total. The van der Waals surface area contributed by atoms with E-state index in [4.69, 9.17) is 5.73 Å². The van der Waals surface area contributed by atoms with Crippen molar-refractivity contribution in [2.45, 2.75) is 39.2 Å². The van der Waals surface area contributed by atoms with Crippen molar-refractivity contribution in [3.63, 3.8) is 0 Å². The fourth-order valence-electron chi connectivity index (χ4n) is 1.64. The lowest BCUT2D eigenvalue weighted by molar-refractivity contribution is 0.0879. The van der Waals surface area contributed by atoms with Crippen LogP contribution in [0.5, 0.6) is 0 Å². The van der Waals surface area contributed by atoms with Crippen LogP contribution in [-0.2, 0) is 0 Å². The Morgan fingerprint density at radius 2 is 1.94 bits per heavy atom. The number of benzene rings is 1. The van der Waals surface area contributed by atoms with E-state index in [1.807, 2.05) is 13.8 Å². The van der Waals surface area contributed by atoms with Crippen LogP contribution in [0.2, 0.25) is 0 Å². The zero-order valence-electron chi connectivity index (χ0n) is 10.0. The van der Waals surface area contributed by atoms with Gasteiger partial charge in [-0.25, -0.2) is 4.39 Å². The Morgan fingerprint density at radius 3 is 2.38 bits per heavy atom. The second-order valence-electron chi connectivity index (χ2n) is 4.16. The molecule has 0 aliphatic carbocycles. The van der Waals surface area contributed by atoms with Crippen molar-refractivity contribution in [2.24, 2.45) is 5.73 Å². The first-order chi connectivity index (χ1) is 7.44. The average molecular weight is 223 g/mol. The Bertz CT molecular complexity index is 397. The molecule has 1 rings (SSSR count). The van der Waals surface area contributed by atoms with Crippen LogP contribution in [0, 0.1) is 12.7 Å². The maximum atomic E-state index is 13.1. The maximum Gasteiger partial charge on any atom is 0.182 e. The van der Waals surface area contributed by atoms with Gasteiger partial charge >= 0.3 is 0 Å². The van der Waals surface area contributed by atoms with Crippen molar-refractivity contribution >= 4 is 5.78 Å². The lowest BCUT2D eigenvalue weighted by Gasteiger charge is -2.25. The van der Waals surface area contributed by atoms with Crippen LogP contribution >= 0.6 is 0 Å². The third-order valence-electron chi connectivity index (χ3n) is 3.13. The second kappa shape index (κ2) is 4.74. The van der Waals surface area contributed by atoms with Gasteiger partial charge < -0.3 is 5.73 Å². The van der Waals surface area contributed by atoms with Crippen molar-refractivity contribution in [1.82, 2.24) is 0 Å². The highest BCUT2D eigenvalue weighted by Gasteiger charge is 2.30. The highest BCUT2D eigenvalue weighted by molar-refractivity contribution is 6.03. The first-order valence-electron chi connectivity index (χ1n) is 5.54. The molecule has 16 heavy (non-hydrogen) atoms. The molecule has 0 atom stereocenters. The predicted octanol–water partition coefficient (Wildman–Crippen LogP) is 2.83. The summed E-state index contributed by atoms with van der Waals surface area (Å²) in [6.45, 7) is 5.41. The summed E-state index contributed by atoms with van der Waals surface area (Å²) in [4.78, 5) is 12.1. The third-order valence-corrected chi connectivity index (χ3v) is 3.13. The predicted molar refractivity (Wildman–Crippen MR) is 63.0 cm³/mol. The number of halogens is 1. The van der Waals surface area contributed by atoms with Crippen molar-refractivity contribution in [1.29, 1.82) is 0 Å². The van der Waals surface area contributed by atoms with Crippen LogP contribution in [0.15, 0.2) is 18.2 Å². The van der Waals surface area contributed by atoms with Gasteiger partial charge in [-0.1, -0.05) is 13.8 Å². The normalized spacial score (nSPS) is 11.6. The number of Topliss-reactive ketones (excluding diaryl/α,β-unsaturated/α-hetero) is 1. The topological polar surface area (TPSA) is 43.1 Å². The number of hydrogen-bond acceptors (Lipinski definition) is 2. The van der Waals surface area contributed by atoms with Crippen LogP contribution in [0.4, 0.5) is 4.39 Å². The number of carbonyl (C=O) groups is 1. The highest BCUT2D eigenvalue weighted by Crippen LogP contribution is 2.20. The molecule has 0 fully saturated rings. The minimum atomic E-state index is -0.829. The highest BCUT2D eigenvalue weighted by atomic mass is 19.1. The Balaban J connectivity index is 3.09. The molecule has 1 aromatic carbocycles. The summed E-state index contributed by atoms with van der Waals surface area (Å²) in [5.41, 5.74) is 6.15. The molecule has 0 aromatic heterocycles. The summed E-state index contributed by atoms with van der Waals surface area (Å²) in [6.07, 6.45) is 1.16. The van der Waals surface area contributed by atoms with E-state index in [0.29, 0.717) is 24.0 Å². The first-order valence-corrected chi connectivity index (χ1v) is 5.54. The van der Waals surface area contributed by atoms with Gasteiger partial charge in [0.05, 0.1) is 5.54 Å². The quantitative estimate of drug-likeness (QED) is 0.797. The SMILES string of the molecule is CCC(N)(CC)C(=O)c1ccc(F)c(C)c1. The van der Waals surface area contributed by atoms with Gasteiger partial charge in [-0.05, 0) is 43.5 Å². The molecule has 0 saturated heterocycles. The van der Waals surface area contributed by atoms with Gasteiger partial charge in [-0.2, -0.15) is 0 Å². The van der Waals surface area contributed by atoms with Gasteiger partial charge in [-0.15, -0.1) is 0 Å². The van der Waals surface area contributed by atoms with E-state index >= 15 is 0 Å². The summed E-state index contributed by atoms with van der Waals surface area (Å²) < 4.78 is 13.1. The van der Waals surface area contributed by atoms with E-state index in [2.05, 4.69) is 0 Å². The monoisotopic (exact) mass is 223 g/mol. The second-order valence-corrected chi connectivity index (χ2v) is 4.16. The molecule has 0 heterocycles. The lowest BCUT2D eigenvalue weighted by atomic mass is 9.85. The zero-order chi connectivity index (χ0) is 12.3. The van der Waals surface area contributed by atoms with Crippen molar-refractivity contribution in [3.8, 4) is 0 Å². The van der Waals surface area contributed by atoms with Gasteiger partial charge in [0, 0.05) is 5.56 Å². The number of hydrogen-bond donors (Lipinski definition) is 1. The molecule has 2 nitrogen and oxygen atoms in total. The van der Waals surface area contributed by atoms with Crippen molar-refractivity contribution in [3.05, 3.63) is 35.1 Å². The fraction of sp³-hybridized carbons (Fsp3) is 0.462. The van der Waals surface area contributed by atoms with Gasteiger partial charge in [0.1, 0.15) is 5.82 Å². The van der Waals surface area contributed by atoms with E-state index < -0.39 is 5.54 Å². The van der Waals surface area contributed by atoms with Crippen LogP contribution < -0.4 is 5.73 Å². The zero-order valence-corrected chi connectivity index (χ0v) is 10.0. The Morgan fingerprint density at radius 1 is 1.38 bits per heavy atom. The number of ketones is 1. The summed E-state index contributed by atoms with van der Waals surface area (Å²) in [5.74, 6) is -0.409. The average Bonchev–Trinajstić information content (AvgIpc) is 2.30. The van der Waals surface area contributed by atoms with Crippen molar-refractivity contribution < 1.29 is 9.18 Å². The largest absolute Gasteiger partial charge is 0.319 e. The number of rotatable bonds is 4. The maximum absolute atomic E-state index is 13.1. The fourth-order valence-corrected chi connectivity index (χ4v) is 1.64. The Kier molecular flexibility index (Phi) is 3.81. The smallest absolute Gasteiger partial charge is 0.182 e. The Labute approximate surface area is 95.7 Å². The van der Waals surface area contributed by atoms with Gasteiger partial charge in [-0.3, -0.25) is 4.79 Å². The molecule has 0 aliphatic rings. The molecular weight excluding hydrogens is 205 g/mol. The van der Waals surface area contributed by atoms with Gasteiger partial charge in [0.25, 0.3) is 0 Å². The summed E-state index contributed by atoms with van der Waals surface area (Å²) in [6, 6.07) is 4.37. The van der Waals surface area contributed by atoms with E-state index in [1.54, 1.807) is 13.0 Å². The van der Waals surface area contributed by atoms with Crippen LogP contribution in [0.1, 0.15) is 42.6 Å². The van der Waals surface area contributed by atoms with Crippen LogP contribution in [-0.4, -0.2) is 11.3 Å². The number of carbonyl (C=O) groups excluding carboxylic acids is 1. The van der Waals surface area contributed by atoms with Crippen molar-refractivity contribution in [2.75, 3.05) is 0 Å². The first kappa shape index (κ1) is 12.8. The molecule has 88 valence electrons. The summed E-state index contributed by atoms with van der Waals surface area (Å²) in [7, 11) is 0. The molecule has 0 spiro atoms. The summed E-state index contributed by atoms with van der Waals surface area (Å²) >= 11 is 0. The molecule has 0 amide bonds. The van der Waals surface area contributed by atoms with E-state index in [1.165, 1.54) is 12.1 Å². The Hall–Kier alpha value is -1.22. The number of nitrogens with two attached hydrogens (primary N) is 1. The van der Waals surface area contributed by atoms with Gasteiger partial charge in [0.2, 0.25) is 0 Å². The van der Waals surface area contributed by atoms with Gasteiger partial charge in [0.15, 0.2) is 5.78 Å². The van der Waals surface area contributed by atoms with E-state index in [9.17, 15) is 9.18 Å². The molecule has 0 unspecified atom stereocenters. The third kappa shape index (κ3) is 2.30. The van der Waals surface area contributed by atoms with E-state index in [-0.39, 0.29) is 11.6 Å². The standard InChI is InChI=1S/C13H18FNO/c1-4-13(15,5-2)12(16)10-6-7-11(14)9(3)8-10/h6-8H,4-5,15H2,1-3H3. The molecular formula is C13H18FNO. The van der Waals surface area contributed by atoms with E-state index in [0.717, 1.165) is 0 Å². The molecule has 1 aromatic rings. The lowest BCUT2D eigenvalue weighted by Crippen LogP contribution is -2.46. The molecule has 0 radical (unpaired) electrons. The molecule has 3 heteroatoms. The molecule has 0 bridgehead atoms. The molecule has 0 saturated carbocycles. The minimum Gasteiger partial charge on any atom is -0.319 e. The molecule has 0 aliphatic heterocycles. The van der Waals surface area contributed by atoms with Crippen LogP contribution in [0.25, 0.3) is 0 Å². The minimum absolute atomic E-state index is 0.111. The number of aryl methyl sites for hydroxylation is 1. The summed E-state index contributed by atoms with van der Waals surface area (Å²) in [5, 5.41) is 0.